The molecule has 1 aliphatic carbocycles. The molecule has 108 valence electrons. The van der Waals surface area contributed by atoms with E-state index in [1.807, 2.05) is 0 Å². The smallest absolute Gasteiger partial charge is 0.250 e. The number of nitrogens with zero attached hydrogens (tertiary/aromatic N) is 1. The van der Waals surface area contributed by atoms with Gasteiger partial charge in [-0.3, -0.25) is 9.78 Å². The van der Waals surface area contributed by atoms with Crippen LogP contribution in [0.3, 0.4) is 0 Å². The molecule has 0 fully saturated rings. The average Bonchev–Trinajstić information content (AvgIpc) is 2.82. The Morgan fingerprint density at radius 1 is 1.43 bits per heavy atom. The summed E-state index contributed by atoms with van der Waals surface area (Å²) in [7, 11) is 0. The van der Waals surface area contributed by atoms with E-state index in [1.54, 1.807) is 25.1 Å². The summed E-state index contributed by atoms with van der Waals surface area (Å²) in [5.41, 5.74) is 8.71. The predicted octanol–water partition coefficient (Wildman–Crippen LogP) is 3.36. The Morgan fingerprint density at radius 2 is 2.19 bits per heavy atom. The molecule has 0 saturated carbocycles. The fourth-order valence-electron chi connectivity index (χ4n) is 2.98. The van der Waals surface area contributed by atoms with Crippen molar-refractivity contribution < 1.29 is 9.18 Å². The molecule has 0 radical (unpaired) electrons. The van der Waals surface area contributed by atoms with Gasteiger partial charge < -0.3 is 5.73 Å². The Hall–Kier alpha value is -1.94. The molecule has 5 heteroatoms. The van der Waals surface area contributed by atoms with Gasteiger partial charge in [0.05, 0.1) is 11.3 Å². The number of primary amides is 1. The first-order chi connectivity index (χ1) is 9.97. The number of fused-ring (bicyclic) bond motifs is 1. The van der Waals surface area contributed by atoms with Crippen LogP contribution >= 0.6 is 11.6 Å². The van der Waals surface area contributed by atoms with Gasteiger partial charge in [-0.25, -0.2) is 4.39 Å². The fraction of sp³-hybridized carbons (Fsp3) is 0.250. The molecule has 0 saturated heterocycles. The van der Waals surface area contributed by atoms with Gasteiger partial charge in [0.2, 0.25) is 0 Å². The van der Waals surface area contributed by atoms with Crippen LogP contribution in [0.25, 0.3) is 0 Å². The minimum absolute atomic E-state index is 0.00817. The van der Waals surface area contributed by atoms with Crippen LogP contribution in [0.4, 0.5) is 4.39 Å². The van der Waals surface area contributed by atoms with E-state index < -0.39 is 5.91 Å². The van der Waals surface area contributed by atoms with Crippen molar-refractivity contribution in [3.8, 4) is 0 Å². The number of pyridine rings is 1. The van der Waals surface area contributed by atoms with Gasteiger partial charge in [0.1, 0.15) is 5.82 Å². The molecule has 1 aliphatic rings. The highest BCUT2D eigenvalue weighted by molar-refractivity contribution is 6.30. The first-order valence-corrected chi connectivity index (χ1v) is 7.10. The lowest BCUT2D eigenvalue weighted by molar-refractivity contribution is 0.0999. The third kappa shape index (κ3) is 2.40. The van der Waals surface area contributed by atoms with Crippen LogP contribution < -0.4 is 5.73 Å². The maximum Gasteiger partial charge on any atom is 0.250 e. The first kappa shape index (κ1) is 14.0. The summed E-state index contributed by atoms with van der Waals surface area (Å²) >= 11 is 5.96. The molecule has 1 aromatic carbocycles. The number of benzene rings is 1. The first-order valence-electron chi connectivity index (χ1n) is 6.72. The van der Waals surface area contributed by atoms with Gasteiger partial charge in [-0.15, -0.1) is 0 Å². The molecule has 1 amide bonds. The maximum absolute atomic E-state index is 13.9. The third-order valence-corrected chi connectivity index (χ3v) is 4.20. The van der Waals surface area contributed by atoms with Gasteiger partial charge in [0.25, 0.3) is 5.91 Å². The van der Waals surface area contributed by atoms with E-state index >= 15 is 0 Å². The molecule has 3 nitrogen and oxygen atoms in total. The number of nitrogens with two attached hydrogens (primary N) is 1. The predicted molar refractivity (Wildman–Crippen MR) is 79.1 cm³/mol. The van der Waals surface area contributed by atoms with Gasteiger partial charge in [-0.05, 0) is 55.2 Å². The Morgan fingerprint density at radius 3 is 2.86 bits per heavy atom. The minimum Gasteiger partial charge on any atom is -0.366 e. The van der Waals surface area contributed by atoms with Gasteiger partial charge in [-0.2, -0.15) is 0 Å². The SMILES string of the molecule is Cc1nc([C@@H]2CCc3c(F)cc(Cl)cc32)ccc1C(N)=O. The van der Waals surface area contributed by atoms with E-state index in [9.17, 15) is 9.18 Å². The molecule has 1 atom stereocenters. The van der Waals surface area contributed by atoms with Crippen LogP contribution in [0.15, 0.2) is 24.3 Å². The van der Waals surface area contributed by atoms with Crippen LogP contribution in [0.2, 0.25) is 5.02 Å². The molecular formula is C16H14ClFN2O. The molecule has 0 unspecified atom stereocenters. The van der Waals surface area contributed by atoms with Crippen LogP contribution in [-0.4, -0.2) is 10.9 Å². The lowest BCUT2D eigenvalue weighted by atomic mass is 9.96. The van der Waals surface area contributed by atoms with E-state index in [2.05, 4.69) is 4.98 Å². The summed E-state index contributed by atoms with van der Waals surface area (Å²) in [4.78, 5) is 15.7. The van der Waals surface area contributed by atoms with Crippen molar-refractivity contribution in [3.63, 3.8) is 0 Å². The molecule has 1 aromatic heterocycles. The van der Waals surface area contributed by atoms with Crippen LogP contribution in [0, 0.1) is 12.7 Å². The number of carbonyl (C=O) groups is 1. The average molecular weight is 305 g/mol. The summed E-state index contributed by atoms with van der Waals surface area (Å²) in [5.74, 6) is -0.744. The number of aryl methyl sites for hydroxylation is 1. The summed E-state index contributed by atoms with van der Waals surface area (Å²) in [6.45, 7) is 1.75. The summed E-state index contributed by atoms with van der Waals surface area (Å²) in [5, 5.41) is 0.392. The van der Waals surface area contributed by atoms with Crippen molar-refractivity contribution >= 4 is 17.5 Å². The lowest BCUT2D eigenvalue weighted by Gasteiger charge is -2.13. The summed E-state index contributed by atoms with van der Waals surface area (Å²) in [6, 6.07) is 6.61. The Labute approximate surface area is 126 Å². The monoisotopic (exact) mass is 304 g/mol. The van der Waals surface area contributed by atoms with E-state index in [1.165, 1.54) is 6.07 Å². The lowest BCUT2D eigenvalue weighted by Crippen LogP contribution is -2.14. The normalized spacial score (nSPS) is 16.8. The van der Waals surface area contributed by atoms with Gasteiger partial charge in [0, 0.05) is 16.6 Å². The van der Waals surface area contributed by atoms with Gasteiger partial charge >= 0.3 is 0 Å². The number of rotatable bonds is 2. The van der Waals surface area contributed by atoms with Gasteiger partial charge in [0.15, 0.2) is 0 Å². The van der Waals surface area contributed by atoms with Crippen molar-refractivity contribution in [2.45, 2.75) is 25.7 Å². The highest BCUT2D eigenvalue weighted by atomic mass is 35.5. The number of halogens is 2. The third-order valence-electron chi connectivity index (χ3n) is 3.98. The van der Waals surface area contributed by atoms with E-state index in [-0.39, 0.29) is 11.7 Å². The summed E-state index contributed by atoms with van der Waals surface area (Å²) < 4.78 is 13.9. The Balaban J connectivity index is 2.05. The molecule has 3 rings (SSSR count). The maximum atomic E-state index is 13.9. The number of hydrogen-bond donors (Lipinski definition) is 1. The molecule has 21 heavy (non-hydrogen) atoms. The minimum atomic E-state index is -0.493. The zero-order chi connectivity index (χ0) is 15.1. The van der Waals surface area contributed by atoms with Crippen molar-refractivity contribution in [3.05, 3.63) is 63.2 Å². The van der Waals surface area contributed by atoms with Crippen molar-refractivity contribution in [1.29, 1.82) is 0 Å². The topological polar surface area (TPSA) is 56.0 Å². The number of amides is 1. The number of carbonyl (C=O) groups excluding carboxylic acids is 1. The van der Waals surface area contributed by atoms with Crippen molar-refractivity contribution in [2.24, 2.45) is 5.73 Å². The largest absolute Gasteiger partial charge is 0.366 e. The Kier molecular flexibility index (Phi) is 3.41. The molecule has 0 bridgehead atoms. The van der Waals surface area contributed by atoms with E-state index in [0.29, 0.717) is 28.3 Å². The number of hydrogen-bond acceptors (Lipinski definition) is 2. The molecular weight excluding hydrogens is 291 g/mol. The fourth-order valence-corrected chi connectivity index (χ4v) is 3.20. The molecule has 0 spiro atoms. The molecule has 2 aromatic rings. The highest BCUT2D eigenvalue weighted by Crippen LogP contribution is 2.40. The second-order valence-electron chi connectivity index (χ2n) is 5.28. The second-order valence-corrected chi connectivity index (χ2v) is 5.72. The molecule has 2 N–H and O–H groups in total. The zero-order valence-electron chi connectivity index (χ0n) is 11.5. The van der Waals surface area contributed by atoms with Gasteiger partial charge in [-0.1, -0.05) is 11.6 Å². The quantitative estimate of drug-likeness (QED) is 0.925. The Bertz CT molecular complexity index is 745. The van der Waals surface area contributed by atoms with E-state index in [0.717, 1.165) is 17.7 Å². The van der Waals surface area contributed by atoms with Crippen LogP contribution in [0.1, 0.15) is 45.2 Å². The summed E-state index contributed by atoms with van der Waals surface area (Å²) in [6.07, 6.45) is 1.45. The second kappa shape index (κ2) is 5.11. The zero-order valence-corrected chi connectivity index (χ0v) is 12.2. The number of aromatic nitrogens is 1. The van der Waals surface area contributed by atoms with E-state index in [4.69, 9.17) is 17.3 Å². The molecule has 1 heterocycles. The molecule has 0 aliphatic heterocycles. The van der Waals surface area contributed by atoms with Crippen molar-refractivity contribution in [1.82, 2.24) is 4.98 Å². The highest BCUT2D eigenvalue weighted by Gasteiger charge is 2.28. The van der Waals surface area contributed by atoms with Crippen LogP contribution in [-0.2, 0) is 6.42 Å². The van der Waals surface area contributed by atoms with Crippen molar-refractivity contribution in [2.75, 3.05) is 0 Å². The standard InChI is InChI=1S/C16H14ClFN2O/c1-8-10(16(19)21)4-5-15(20-8)12-3-2-11-13(12)6-9(17)7-14(11)18/h4-7,12H,2-3H2,1H3,(H2,19,21)/t12-/m1/s1. The van der Waals surface area contributed by atoms with Crippen LogP contribution in [0.5, 0.6) is 0 Å².